The van der Waals surface area contributed by atoms with Crippen LogP contribution < -0.4 is 9.64 Å². The first kappa shape index (κ1) is 24.2. The summed E-state index contributed by atoms with van der Waals surface area (Å²) in [5, 5.41) is 0.644. The van der Waals surface area contributed by atoms with Gasteiger partial charge in [0.2, 0.25) is 0 Å². The molecule has 3 rings (SSSR count). The number of carbonyl (C=O) groups excluding carboxylic acids is 1. The number of carbonyl (C=O) groups is 1. The zero-order valence-electron chi connectivity index (χ0n) is 16.3. The topological polar surface area (TPSA) is 45.7 Å². The predicted molar refractivity (Wildman–Crippen MR) is 127 cm³/mol. The number of halogens is 3. The molecule has 1 aromatic carbocycles. The lowest BCUT2D eigenvalue weighted by Gasteiger charge is -2.20. The van der Waals surface area contributed by atoms with E-state index in [2.05, 4.69) is 9.88 Å². The maximum Gasteiger partial charge on any atom is 0.262 e. The lowest BCUT2D eigenvalue weighted by atomic mass is 10.3. The van der Waals surface area contributed by atoms with Gasteiger partial charge in [0.25, 0.3) is 5.91 Å². The number of anilines is 1. The Bertz CT molecular complexity index is 975. The largest absolute Gasteiger partial charge is 0.494 e. The van der Waals surface area contributed by atoms with Crippen molar-refractivity contribution in [1.29, 1.82) is 0 Å². The van der Waals surface area contributed by atoms with Crippen LogP contribution in [0, 0.1) is 0 Å². The van der Waals surface area contributed by atoms with Crippen molar-refractivity contribution in [3.05, 3.63) is 38.5 Å². The van der Waals surface area contributed by atoms with Gasteiger partial charge in [0, 0.05) is 6.54 Å². The van der Waals surface area contributed by atoms with Crippen LogP contribution in [0.25, 0.3) is 10.2 Å². The van der Waals surface area contributed by atoms with Gasteiger partial charge in [0.05, 0.1) is 26.7 Å². The molecular formula is C19H22Cl3N3O2S2. The third-order valence-electron chi connectivity index (χ3n) is 4.01. The molecule has 0 fully saturated rings. The predicted octanol–water partition coefficient (Wildman–Crippen LogP) is 6.08. The van der Waals surface area contributed by atoms with Crippen molar-refractivity contribution < 1.29 is 9.53 Å². The molecular weight excluding hydrogens is 473 g/mol. The Labute approximate surface area is 194 Å². The number of fused-ring (bicyclic) bond motifs is 1. The third kappa shape index (κ3) is 5.96. The van der Waals surface area contributed by atoms with E-state index < -0.39 is 0 Å². The second-order valence-electron chi connectivity index (χ2n) is 6.41. The lowest BCUT2D eigenvalue weighted by Crippen LogP contribution is -2.33. The highest BCUT2D eigenvalue weighted by atomic mass is 35.5. The van der Waals surface area contributed by atoms with E-state index in [9.17, 15) is 4.79 Å². The second kappa shape index (κ2) is 10.8. The van der Waals surface area contributed by atoms with E-state index in [-0.39, 0.29) is 18.3 Å². The maximum atomic E-state index is 13.2. The summed E-state index contributed by atoms with van der Waals surface area (Å²) in [5.41, 5.74) is 1.25. The van der Waals surface area contributed by atoms with Crippen LogP contribution in [0.1, 0.15) is 23.7 Å². The van der Waals surface area contributed by atoms with Gasteiger partial charge in [-0.15, -0.1) is 23.7 Å². The van der Waals surface area contributed by atoms with Crippen molar-refractivity contribution >= 4 is 79.5 Å². The smallest absolute Gasteiger partial charge is 0.262 e. The molecule has 1 amide bonds. The summed E-state index contributed by atoms with van der Waals surface area (Å²) in [7, 11) is 4.02. The molecule has 0 aliphatic heterocycles. The van der Waals surface area contributed by atoms with Crippen LogP contribution in [0.15, 0.2) is 24.3 Å². The van der Waals surface area contributed by atoms with E-state index in [1.807, 2.05) is 39.2 Å². The van der Waals surface area contributed by atoms with E-state index in [4.69, 9.17) is 27.9 Å². The minimum atomic E-state index is -0.184. The van der Waals surface area contributed by atoms with E-state index in [1.54, 1.807) is 11.0 Å². The molecule has 0 bridgehead atoms. The summed E-state index contributed by atoms with van der Waals surface area (Å²) < 4.78 is 7.43. The monoisotopic (exact) mass is 493 g/mol. The fourth-order valence-corrected chi connectivity index (χ4v) is 5.19. The van der Waals surface area contributed by atoms with E-state index in [1.165, 1.54) is 22.7 Å². The molecule has 0 atom stereocenters. The number of aromatic nitrogens is 1. The number of benzene rings is 1. The molecule has 2 aromatic heterocycles. The Hall–Kier alpha value is -1.09. The molecule has 3 aromatic rings. The third-order valence-corrected chi connectivity index (χ3v) is 6.54. The number of rotatable bonds is 8. The van der Waals surface area contributed by atoms with Gasteiger partial charge >= 0.3 is 0 Å². The van der Waals surface area contributed by atoms with E-state index in [0.717, 1.165) is 28.9 Å². The average molecular weight is 495 g/mol. The number of thiazole rings is 1. The number of nitrogens with zero attached hydrogens (tertiary/aromatic N) is 3. The van der Waals surface area contributed by atoms with Crippen LogP contribution in [0.5, 0.6) is 5.75 Å². The van der Waals surface area contributed by atoms with Gasteiger partial charge in [-0.25, -0.2) is 4.98 Å². The maximum absolute atomic E-state index is 13.2. The lowest BCUT2D eigenvalue weighted by molar-refractivity contribution is 0.0986. The first-order valence-corrected chi connectivity index (χ1v) is 11.2. The Morgan fingerprint density at radius 1 is 1.17 bits per heavy atom. The first-order valence-electron chi connectivity index (χ1n) is 8.84. The van der Waals surface area contributed by atoms with Crippen molar-refractivity contribution in [3.8, 4) is 5.75 Å². The normalized spacial score (nSPS) is 11.0. The minimum absolute atomic E-state index is 0. The van der Waals surface area contributed by atoms with E-state index >= 15 is 0 Å². The molecule has 0 aliphatic carbocycles. The molecule has 29 heavy (non-hydrogen) atoms. The molecule has 0 unspecified atom stereocenters. The van der Waals surface area contributed by atoms with Crippen LogP contribution in [0.4, 0.5) is 5.13 Å². The summed E-state index contributed by atoms with van der Waals surface area (Å²) in [6.07, 6.45) is 0.814. The number of hydrogen-bond acceptors (Lipinski definition) is 6. The highest BCUT2D eigenvalue weighted by Gasteiger charge is 2.24. The summed E-state index contributed by atoms with van der Waals surface area (Å²) in [6, 6.07) is 7.38. The van der Waals surface area contributed by atoms with Crippen LogP contribution >= 0.6 is 58.3 Å². The highest BCUT2D eigenvalue weighted by Crippen LogP contribution is 2.36. The Balaban J connectivity index is 0.00000300. The van der Waals surface area contributed by atoms with Gasteiger partial charge in [-0.1, -0.05) is 34.5 Å². The minimum Gasteiger partial charge on any atom is -0.494 e. The van der Waals surface area contributed by atoms with Crippen molar-refractivity contribution in [3.63, 3.8) is 0 Å². The zero-order chi connectivity index (χ0) is 20.3. The fourth-order valence-electron chi connectivity index (χ4n) is 2.73. The molecule has 0 saturated heterocycles. The van der Waals surface area contributed by atoms with Gasteiger partial charge in [-0.3, -0.25) is 9.69 Å². The quantitative estimate of drug-likeness (QED) is 0.380. The molecule has 158 valence electrons. The number of ether oxygens (including phenoxy) is 1. The molecule has 2 heterocycles. The SMILES string of the molecule is CCOc1ccc2nc(N(CCCN(C)C)C(=O)c3cc(Cl)sc3Cl)sc2c1.Cl. The summed E-state index contributed by atoms with van der Waals surface area (Å²) in [5.74, 6) is 0.610. The van der Waals surface area contributed by atoms with Crippen molar-refractivity contribution in [2.45, 2.75) is 13.3 Å². The first-order chi connectivity index (χ1) is 13.4. The summed E-state index contributed by atoms with van der Waals surface area (Å²) in [4.78, 5) is 21.7. The van der Waals surface area contributed by atoms with Gasteiger partial charge in [0.15, 0.2) is 5.13 Å². The highest BCUT2D eigenvalue weighted by molar-refractivity contribution is 7.22. The molecule has 10 heteroatoms. The number of amides is 1. The van der Waals surface area contributed by atoms with Gasteiger partial charge < -0.3 is 9.64 Å². The van der Waals surface area contributed by atoms with Crippen LogP contribution in [-0.2, 0) is 0 Å². The Kier molecular flexibility index (Phi) is 9.00. The zero-order valence-corrected chi connectivity index (χ0v) is 20.2. The average Bonchev–Trinajstić information content (AvgIpc) is 3.20. The van der Waals surface area contributed by atoms with Crippen LogP contribution in [0.2, 0.25) is 8.67 Å². The fraction of sp³-hybridized carbons (Fsp3) is 0.368. The Morgan fingerprint density at radius 2 is 1.93 bits per heavy atom. The molecule has 5 nitrogen and oxygen atoms in total. The summed E-state index contributed by atoms with van der Waals surface area (Å²) >= 11 is 14.9. The number of hydrogen-bond donors (Lipinski definition) is 0. The van der Waals surface area contributed by atoms with E-state index in [0.29, 0.717) is 32.5 Å². The van der Waals surface area contributed by atoms with Crippen LogP contribution in [-0.4, -0.2) is 49.6 Å². The van der Waals surface area contributed by atoms with Gasteiger partial charge in [-0.05, 0) is 58.3 Å². The van der Waals surface area contributed by atoms with Gasteiger partial charge in [-0.2, -0.15) is 0 Å². The van der Waals surface area contributed by atoms with Crippen molar-refractivity contribution in [2.75, 3.05) is 38.7 Å². The molecule has 0 spiro atoms. The molecule has 0 N–H and O–H groups in total. The standard InChI is InChI=1S/C19H21Cl2N3O2S2.ClH/c1-4-26-12-6-7-14-15(10-12)27-19(22-14)24(9-5-8-23(2)3)18(25)13-11-16(20)28-17(13)21;/h6-7,10-11H,4-5,8-9H2,1-3H3;1H. The molecule has 0 saturated carbocycles. The Morgan fingerprint density at radius 3 is 2.55 bits per heavy atom. The van der Waals surface area contributed by atoms with Crippen molar-refractivity contribution in [1.82, 2.24) is 9.88 Å². The molecule has 0 radical (unpaired) electrons. The number of thiophene rings is 1. The van der Waals surface area contributed by atoms with Crippen LogP contribution in [0.3, 0.4) is 0 Å². The molecule has 0 aliphatic rings. The second-order valence-corrected chi connectivity index (χ2v) is 9.71. The van der Waals surface area contributed by atoms with Crippen molar-refractivity contribution in [2.24, 2.45) is 0 Å². The summed E-state index contributed by atoms with van der Waals surface area (Å²) in [6.45, 7) is 3.95. The van der Waals surface area contributed by atoms with Gasteiger partial charge in [0.1, 0.15) is 10.1 Å².